The molecule has 1 amide bonds. The van der Waals surface area contributed by atoms with Gasteiger partial charge in [0, 0.05) is 26.3 Å². The van der Waals surface area contributed by atoms with Crippen LogP contribution in [0.5, 0.6) is 0 Å². The van der Waals surface area contributed by atoms with Crippen molar-refractivity contribution in [2.45, 2.75) is 6.92 Å². The van der Waals surface area contributed by atoms with Gasteiger partial charge in [0.25, 0.3) is 5.91 Å². The summed E-state index contributed by atoms with van der Waals surface area (Å²) >= 11 is 22.9. The fourth-order valence-corrected chi connectivity index (χ4v) is 2.61. The number of rotatable bonds is 2. The summed E-state index contributed by atoms with van der Waals surface area (Å²) in [5.74, 6) is -0.403. The summed E-state index contributed by atoms with van der Waals surface area (Å²) in [6.45, 7) is 1.90. The van der Waals surface area contributed by atoms with Gasteiger partial charge in [-0.15, -0.1) is 0 Å². The number of nitrogens with one attached hydrogen (secondary N) is 2. The first-order chi connectivity index (χ1) is 10.3. The van der Waals surface area contributed by atoms with Crippen LogP contribution in [0.3, 0.4) is 0 Å². The largest absolute Gasteiger partial charge is 0.332 e. The van der Waals surface area contributed by atoms with E-state index in [2.05, 4.69) is 10.6 Å². The van der Waals surface area contributed by atoms with Crippen LogP contribution in [-0.4, -0.2) is 11.0 Å². The molecule has 0 radical (unpaired) electrons. The summed E-state index contributed by atoms with van der Waals surface area (Å²) in [5.41, 5.74) is 1.96. The lowest BCUT2D eigenvalue weighted by Gasteiger charge is -2.11. The van der Waals surface area contributed by atoms with Crippen LogP contribution in [-0.2, 0) is 0 Å². The van der Waals surface area contributed by atoms with Crippen molar-refractivity contribution in [2.75, 3.05) is 5.32 Å². The van der Waals surface area contributed by atoms with E-state index in [1.54, 1.807) is 12.1 Å². The minimum absolute atomic E-state index is 0.154. The first kappa shape index (κ1) is 17.0. The number of anilines is 1. The van der Waals surface area contributed by atoms with Crippen molar-refractivity contribution in [3.05, 3.63) is 62.6 Å². The molecule has 0 aliphatic carbocycles. The Balaban J connectivity index is 2.04. The number of carbonyl (C=O) groups is 1. The Labute approximate surface area is 148 Å². The second kappa shape index (κ2) is 7.29. The Morgan fingerprint density at radius 2 is 1.68 bits per heavy atom. The Morgan fingerprint density at radius 3 is 2.27 bits per heavy atom. The van der Waals surface area contributed by atoms with Crippen LogP contribution in [0.25, 0.3) is 0 Å². The Hall–Kier alpha value is -1.33. The van der Waals surface area contributed by atoms with Crippen molar-refractivity contribution < 1.29 is 4.79 Å². The van der Waals surface area contributed by atoms with Gasteiger partial charge >= 0.3 is 0 Å². The fraction of sp³-hybridized carbons (Fsp3) is 0.0667. The van der Waals surface area contributed by atoms with Crippen molar-refractivity contribution in [1.82, 2.24) is 5.32 Å². The molecule has 22 heavy (non-hydrogen) atoms. The number of carbonyl (C=O) groups excluding carboxylic acids is 1. The van der Waals surface area contributed by atoms with E-state index < -0.39 is 5.91 Å². The molecule has 0 aliphatic rings. The van der Waals surface area contributed by atoms with Gasteiger partial charge in [-0.1, -0.05) is 40.9 Å². The number of amides is 1. The van der Waals surface area contributed by atoms with Crippen LogP contribution >= 0.6 is 47.0 Å². The molecule has 0 atom stereocenters. The quantitative estimate of drug-likeness (QED) is 0.721. The normalized spacial score (nSPS) is 10.2. The minimum Gasteiger partial charge on any atom is -0.332 e. The third-order valence-corrected chi connectivity index (χ3v) is 3.83. The second-order valence-corrected chi connectivity index (χ2v) is 6.22. The highest BCUT2D eigenvalue weighted by Gasteiger charge is 2.10. The van der Waals surface area contributed by atoms with Gasteiger partial charge in [-0.25, -0.2) is 0 Å². The summed E-state index contributed by atoms with van der Waals surface area (Å²) < 4.78 is 0. The van der Waals surface area contributed by atoms with Crippen molar-refractivity contribution in [2.24, 2.45) is 0 Å². The molecule has 2 rings (SSSR count). The van der Waals surface area contributed by atoms with E-state index in [1.165, 1.54) is 12.1 Å². The van der Waals surface area contributed by atoms with Gasteiger partial charge in [0.05, 0.1) is 0 Å². The third-order valence-electron chi connectivity index (χ3n) is 2.78. The van der Waals surface area contributed by atoms with E-state index in [0.29, 0.717) is 26.3 Å². The van der Waals surface area contributed by atoms with E-state index in [-0.39, 0.29) is 5.11 Å². The zero-order valence-corrected chi connectivity index (χ0v) is 14.5. The first-order valence-electron chi connectivity index (χ1n) is 6.20. The topological polar surface area (TPSA) is 41.1 Å². The van der Waals surface area contributed by atoms with Gasteiger partial charge in [-0.3, -0.25) is 10.1 Å². The van der Waals surface area contributed by atoms with Gasteiger partial charge in [-0.05, 0) is 55.0 Å². The number of hydrogen-bond acceptors (Lipinski definition) is 2. The number of aryl methyl sites for hydroxylation is 1. The molecule has 0 unspecified atom stereocenters. The van der Waals surface area contributed by atoms with E-state index in [1.807, 2.05) is 19.1 Å². The maximum Gasteiger partial charge on any atom is 0.257 e. The van der Waals surface area contributed by atoms with E-state index in [9.17, 15) is 4.79 Å². The lowest BCUT2D eigenvalue weighted by molar-refractivity contribution is 0.0977. The van der Waals surface area contributed by atoms with Gasteiger partial charge in [0.2, 0.25) is 0 Å². The molecular weight excluding hydrogens is 363 g/mol. The lowest BCUT2D eigenvalue weighted by Crippen LogP contribution is -2.34. The molecule has 7 heteroatoms. The molecule has 2 aromatic carbocycles. The SMILES string of the molecule is Cc1ccc(NC(=S)NC(=O)c2cc(Cl)cc(Cl)c2)cc1Cl. The molecule has 0 saturated carbocycles. The predicted octanol–water partition coefficient (Wildman–Crippen LogP) is 5.08. The molecular formula is C15H11Cl3N2OS. The van der Waals surface area contributed by atoms with E-state index in [4.69, 9.17) is 47.0 Å². The molecule has 0 saturated heterocycles. The molecule has 0 aromatic heterocycles. The summed E-state index contributed by atoms with van der Waals surface area (Å²) in [5, 5.41) is 6.96. The van der Waals surface area contributed by atoms with Crippen molar-refractivity contribution in [3.63, 3.8) is 0 Å². The standard InChI is InChI=1S/C15H11Cl3N2OS/c1-8-2-3-12(7-13(8)18)19-15(22)20-14(21)9-4-10(16)6-11(17)5-9/h2-7H,1H3,(H2,19,20,21,22). The molecule has 114 valence electrons. The maximum absolute atomic E-state index is 12.1. The number of thiocarbonyl (C=S) groups is 1. The van der Waals surface area contributed by atoms with Crippen LogP contribution in [0.1, 0.15) is 15.9 Å². The molecule has 0 spiro atoms. The Kier molecular flexibility index (Phi) is 5.64. The van der Waals surface area contributed by atoms with Crippen LogP contribution in [0.4, 0.5) is 5.69 Å². The molecule has 2 N–H and O–H groups in total. The summed E-state index contributed by atoms with van der Waals surface area (Å²) in [4.78, 5) is 12.1. The van der Waals surface area contributed by atoms with Gasteiger partial charge in [-0.2, -0.15) is 0 Å². The number of halogens is 3. The van der Waals surface area contributed by atoms with Crippen LogP contribution in [0.15, 0.2) is 36.4 Å². The maximum atomic E-state index is 12.1. The average molecular weight is 374 g/mol. The second-order valence-electron chi connectivity index (χ2n) is 4.53. The predicted molar refractivity (Wildman–Crippen MR) is 96.3 cm³/mol. The highest BCUT2D eigenvalue weighted by atomic mass is 35.5. The highest BCUT2D eigenvalue weighted by Crippen LogP contribution is 2.20. The minimum atomic E-state index is -0.403. The van der Waals surface area contributed by atoms with Crippen molar-refractivity contribution >= 4 is 63.7 Å². The number of hydrogen-bond donors (Lipinski definition) is 2. The lowest BCUT2D eigenvalue weighted by atomic mass is 10.2. The molecule has 0 bridgehead atoms. The summed E-state index contributed by atoms with van der Waals surface area (Å²) in [7, 11) is 0. The molecule has 3 nitrogen and oxygen atoms in total. The van der Waals surface area contributed by atoms with Gasteiger partial charge in [0.1, 0.15) is 0 Å². The van der Waals surface area contributed by atoms with E-state index >= 15 is 0 Å². The number of benzene rings is 2. The average Bonchev–Trinajstić information content (AvgIpc) is 2.41. The monoisotopic (exact) mass is 372 g/mol. The third kappa shape index (κ3) is 4.58. The fourth-order valence-electron chi connectivity index (χ4n) is 1.69. The van der Waals surface area contributed by atoms with Crippen molar-refractivity contribution in [3.8, 4) is 0 Å². The van der Waals surface area contributed by atoms with Crippen LogP contribution in [0, 0.1) is 6.92 Å². The smallest absolute Gasteiger partial charge is 0.257 e. The molecule has 0 fully saturated rings. The van der Waals surface area contributed by atoms with Crippen LogP contribution in [0.2, 0.25) is 15.1 Å². The van der Waals surface area contributed by atoms with Crippen molar-refractivity contribution in [1.29, 1.82) is 0 Å². The highest BCUT2D eigenvalue weighted by molar-refractivity contribution is 7.80. The molecule has 2 aromatic rings. The summed E-state index contributed by atoms with van der Waals surface area (Å²) in [6, 6.07) is 9.96. The zero-order valence-electron chi connectivity index (χ0n) is 11.4. The first-order valence-corrected chi connectivity index (χ1v) is 7.74. The van der Waals surface area contributed by atoms with Gasteiger partial charge in [0.15, 0.2) is 5.11 Å². The summed E-state index contributed by atoms with van der Waals surface area (Å²) in [6.07, 6.45) is 0. The zero-order chi connectivity index (χ0) is 16.3. The Bertz CT molecular complexity index is 729. The van der Waals surface area contributed by atoms with E-state index in [0.717, 1.165) is 5.56 Å². The van der Waals surface area contributed by atoms with Gasteiger partial charge < -0.3 is 5.32 Å². The molecule has 0 heterocycles. The molecule has 0 aliphatic heterocycles. The Morgan fingerprint density at radius 1 is 1.05 bits per heavy atom. The van der Waals surface area contributed by atoms with Crippen LogP contribution < -0.4 is 10.6 Å².